The summed E-state index contributed by atoms with van der Waals surface area (Å²) >= 11 is 25.6. The Morgan fingerprint density at radius 2 is 1.68 bits per heavy atom. The molecule has 0 atom stereocenters. The van der Waals surface area contributed by atoms with E-state index in [-0.39, 0.29) is 4.87 Å². The highest BCUT2D eigenvalue weighted by Crippen LogP contribution is 2.25. The Balaban J connectivity index is 0.000000312. The van der Waals surface area contributed by atoms with Crippen molar-refractivity contribution >= 4 is 72.4 Å². The molecule has 1 heterocycles. The molecule has 0 amide bonds. The highest BCUT2D eigenvalue weighted by Gasteiger charge is 2.27. The SMILES string of the molecule is CC(C)(Cl)Cc1oc2ccccc2[o+]1.Cl[B-](Cl)(Cl)Cl. The molecule has 2 rings (SSSR count). The molecular formula is C11H12BCl5O2. The average molecular weight is 364 g/mol. The first-order valence-corrected chi connectivity index (χ1v) is 7.54. The van der Waals surface area contributed by atoms with Crippen LogP contribution in [0.4, 0.5) is 0 Å². The summed E-state index contributed by atoms with van der Waals surface area (Å²) in [6.07, 6.45) is 0.587. The minimum Gasteiger partial charge on any atom is -0.332 e. The molecular weight excluding hydrogens is 352 g/mol. The van der Waals surface area contributed by atoms with Crippen molar-refractivity contribution < 1.29 is 8.83 Å². The molecule has 0 fully saturated rings. The topological polar surface area (TPSA) is 24.4 Å². The van der Waals surface area contributed by atoms with Crippen molar-refractivity contribution in [2.45, 2.75) is 25.1 Å². The summed E-state index contributed by atoms with van der Waals surface area (Å²) in [6.45, 7) is 3.86. The van der Waals surface area contributed by atoms with Crippen LogP contribution >= 0.6 is 57.4 Å². The fourth-order valence-corrected chi connectivity index (χ4v) is 1.41. The van der Waals surface area contributed by atoms with Crippen LogP contribution in [-0.4, -0.2) is 8.68 Å². The van der Waals surface area contributed by atoms with E-state index in [1.807, 2.05) is 38.1 Å². The second kappa shape index (κ2) is 6.77. The Labute approximate surface area is 136 Å². The van der Waals surface area contributed by atoms with Crippen LogP contribution in [0.25, 0.3) is 11.2 Å². The third-order valence-corrected chi connectivity index (χ3v) is 2.00. The van der Waals surface area contributed by atoms with Crippen LogP contribution in [0.2, 0.25) is 0 Å². The molecule has 0 saturated carbocycles. The molecule has 1 aromatic carbocycles. The molecule has 0 saturated heterocycles. The van der Waals surface area contributed by atoms with Gasteiger partial charge in [0.2, 0.25) is 0 Å². The summed E-state index contributed by atoms with van der Waals surface area (Å²) in [5.41, 5.74) is 1.53. The molecule has 1 aromatic heterocycles. The van der Waals surface area contributed by atoms with Gasteiger partial charge in [-0.15, -0.1) is 11.6 Å². The largest absolute Gasteiger partial charge is 0.499 e. The van der Waals surface area contributed by atoms with Gasteiger partial charge in [0.05, 0.1) is 4.87 Å². The molecule has 0 aliphatic rings. The summed E-state index contributed by atoms with van der Waals surface area (Å²) < 4.78 is 8.87. The van der Waals surface area contributed by atoms with Crippen LogP contribution in [0.3, 0.4) is 0 Å². The minimum atomic E-state index is -2.11. The molecule has 0 aliphatic carbocycles. The highest BCUT2D eigenvalue weighted by molar-refractivity contribution is 7.81. The lowest BCUT2D eigenvalue weighted by atomic mass is 10.1. The van der Waals surface area contributed by atoms with E-state index in [0.717, 1.165) is 11.2 Å². The number of fused-ring (bicyclic) bond motifs is 1. The van der Waals surface area contributed by atoms with Crippen molar-refractivity contribution in [3.8, 4) is 0 Å². The normalized spacial score (nSPS) is 12.2. The van der Waals surface area contributed by atoms with Crippen LogP contribution in [-0.2, 0) is 6.42 Å². The van der Waals surface area contributed by atoms with Crippen molar-refractivity contribution in [3.63, 3.8) is 0 Å². The van der Waals surface area contributed by atoms with E-state index in [0.29, 0.717) is 12.4 Å². The summed E-state index contributed by atoms with van der Waals surface area (Å²) in [4.78, 5) is -0.336. The number of alkyl halides is 1. The van der Waals surface area contributed by atoms with Gasteiger partial charge in [0, 0.05) is 12.1 Å². The van der Waals surface area contributed by atoms with Crippen molar-refractivity contribution in [2.24, 2.45) is 0 Å². The predicted molar refractivity (Wildman–Crippen MR) is 85.7 cm³/mol. The smallest absolute Gasteiger partial charge is 0.332 e. The van der Waals surface area contributed by atoms with Gasteiger partial charge in [0.25, 0.3) is 0 Å². The molecule has 0 unspecified atom stereocenters. The zero-order chi connectivity index (χ0) is 14.7. The number of hydrogen-bond acceptors (Lipinski definition) is 1. The first kappa shape index (κ1) is 17.3. The maximum atomic E-state index is 6.08. The molecule has 0 aliphatic heterocycles. The summed E-state index contributed by atoms with van der Waals surface area (Å²) in [7, 11) is 0. The first-order valence-electron chi connectivity index (χ1n) is 5.41. The van der Waals surface area contributed by atoms with Gasteiger partial charge in [-0.05, 0) is 13.8 Å². The summed E-state index contributed by atoms with van der Waals surface area (Å²) in [5, 5.41) is 0. The van der Waals surface area contributed by atoms with Crippen molar-refractivity contribution in [1.29, 1.82) is 0 Å². The van der Waals surface area contributed by atoms with E-state index in [4.69, 9.17) is 66.3 Å². The third-order valence-electron chi connectivity index (χ3n) is 1.86. The van der Waals surface area contributed by atoms with Gasteiger partial charge in [0.15, 0.2) is 0 Å². The van der Waals surface area contributed by atoms with Gasteiger partial charge >= 0.3 is 20.9 Å². The quantitative estimate of drug-likeness (QED) is 0.358. The van der Waals surface area contributed by atoms with E-state index in [2.05, 4.69) is 0 Å². The first-order chi connectivity index (χ1) is 8.54. The fourth-order valence-electron chi connectivity index (χ4n) is 1.30. The van der Waals surface area contributed by atoms with Gasteiger partial charge in [-0.25, -0.2) is 0 Å². The predicted octanol–water partition coefficient (Wildman–Crippen LogP) is 6.24. The van der Waals surface area contributed by atoms with Crippen molar-refractivity contribution in [1.82, 2.24) is 0 Å². The highest BCUT2D eigenvalue weighted by atomic mass is 35.6. The average Bonchev–Trinajstić information content (AvgIpc) is 2.53. The molecule has 2 nitrogen and oxygen atoms in total. The Kier molecular flexibility index (Phi) is 6.15. The second-order valence-corrected chi connectivity index (χ2v) is 9.40. The maximum absolute atomic E-state index is 6.08. The molecule has 0 radical (unpaired) electrons. The van der Waals surface area contributed by atoms with Crippen LogP contribution in [0, 0.1) is 0 Å². The molecule has 0 spiro atoms. The van der Waals surface area contributed by atoms with E-state index >= 15 is 0 Å². The van der Waals surface area contributed by atoms with Gasteiger partial charge in [0.1, 0.15) is 6.42 Å². The fraction of sp³-hybridized carbons (Fsp3) is 0.364. The second-order valence-electron chi connectivity index (χ2n) is 4.41. The van der Waals surface area contributed by atoms with Crippen molar-refractivity contribution in [3.05, 3.63) is 30.2 Å². The summed E-state index contributed by atoms with van der Waals surface area (Å²) in [5.74, 6) is 0.575. The lowest BCUT2D eigenvalue weighted by Crippen LogP contribution is -2.13. The monoisotopic (exact) mass is 362 g/mol. The number of benzene rings is 1. The zero-order valence-corrected chi connectivity index (χ0v) is 14.1. The molecule has 19 heavy (non-hydrogen) atoms. The standard InChI is InChI=1S/C11H12ClO2.BCl4/c1-11(2,12)7-10-13-8-5-3-4-6-9(8)14-10;2-1(3,4)5/h3-6H,7H2,1-2H3;/q+1;-1. The molecule has 0 N–H and O–H groups in total. The van der Waals surface area contributed by atoms with E-state index in [1.54, 1.807) is 0 Å². The Bertz CT molecular complexity index is 491. The van der Waals surface area contributed by atoms with Crippen LogP contribution in [0.15, 0.2) is 33.1 Å². The Hall–Kier alpha value is 0.205. The van der Waals surface area contributed by atoms with Gasteiger partial charge < -0.3 is 45.8 Å². The van der Waals surface area contributed by atoms with Crippen LogP contribution < -0.4 is 0 Å². The van der Waals surface area contributed by atoms with Gasteiger partial charge in [-0.2, -0.15) is 0 Å². The molecule has 8 heteroatoms. The molecule has 106 valence electrons. The number of para-hydroxylation sites is 2. The van der Waals surface area contributed by atoms with E-state index in [9.17, 15) is 0 Å². The summed E-state index contributed by atoms with van der Waals surface area (Å²) in [6, 6.07) is 7.58. The molecule has 2 aromatic rings. The van der Waals surface area contributed by atoms with Gasteiger partial charge in [-0.3, -0.25) is 8.83 Å². The number of halogens is 5. The Morgan fingerprint density at radius 1 is 1.16 bits per heavy atom. The number of hydrogen-bond donors (Lipinski definition) is 0. The Morgan fingerprint density at radius 3 is 2.16 bits per heavy atom. The lowest BCUT2D eigenvalue weighted by molar-refractivity contribution is 0.373. The van der Waals surface area contributed by atoms with Crippen LogP contribution in [0.5, 0.6) is 0 Å². The lowest BCUT2D eigenvalue weighted by Gasteiger charge is -2.07. The van der Waals surface area contributed by atoms with Gasteiger partial charge in [-0.1, -0.05) is 12.1 Å². The number of rotatable bonds is 2. The molecule has 0 bridgehead atoms. The third kappa shape index (κ3) is 8.16. The maximum Gasteiger partial charge on any atom is 0.499 e. The van der Waals surface area contributed by atoms with Crippen molar-refractivity contribution in [2.75, 3.05) is 0 Å². The van der Waals surface area contributed by atoms with Crippen LogP contribution in [0.1, 0.15) is 19.8 Å². The zero-order valence-electron chi connectivity index (χ0n) is 10.3. The van der Waals surface area contributed by atoms with E-state index < -0.39 is 3.81 Å². The van der Waals surface area contributed by atoms with E-state index in [1.165, 1.54) is 0 Å². The minimum absolute atomic E-state index is 0.336.